The second kappa shape index (κ2) is 4.07. The maximum atomic E-state index is 5.68. The van der Waals surface area contributed by atoms with E-state index in [-0.39, 0.29) is 0 Å². The van der Waals surface area contributed by atoms with E-state index in [2.05, 4.69) is 13.8 Å². The van der Waals surface area contributed by atoms with E-state index in [1.54, 1.807) is 7.11 Å². The lowest BCUT2D eigenvalue weighted by Gasteiger charge is -2.15. The topological polar surface area (TPSA) is 18.5 Å². The van der Waals surface area contributed by atoms with Crippen molar-refractivity contribution in [2.75, 3.05) is 13.7 Å². The second-order valence-electron chi connectivity index (χ2n) is 3.34. The molecule has 2 heteroatoms. The van der Waals surface area contributed by atoms with E-state index in [1.807, 2.05) is 0 Å². The molecule has 1 aliphatic rings. The lowest BCUT2D eigenvalue weighted by atomic mass is 9.97. The fourth-order valence-corrected chi connectivity index (χ4v) is 1.81. The van der Waals surface area contributed by atoms with Crippen molar-refractivity contribution < 1.29 is 9.47 Å². The highest BCUT2D eigenvalue weighted by molar-refractivity contribution is 4.79. The highest BCUT2D eigenvalue weighted by atomic mass is 16.5. The third-order valence-electron chi connectivity index (χ3n) is 2.42. The zero-order valence-corrected chi connectivity index (χ0v) is 7.67. The Bertz CT molecular complexity index is 114. The minimum absolute atomic E-state index is 0.347. The van der Waals surface area contributed by atoms with Crippen LogP contribution in [0.15, 0.2) is 0 Å². The summed E-state index contributed by atoms with van der Waals surface area (Å²) in [6, 6.07) is 0. The van der Waals surface area contributed by atoms with Gasteiger partial charge >= 0.3 is 0 Å². The summed E-state index contributed by atoms with van der Waals surface area (Å²) in [7, 11) is 1.74. The first-order valence-electron chi connectivity index (χ1n) is 4.42. The average molecular weight is 158 g/mol. The summed E-state index contributed by atoms with van der Waals surface area (Å²) in [4.78, 5) is 0. The van der Waals surface area contributed by atoms with Crippen LogP contribution in [0.1, 0.15) is 26.7 Å². The van der Waals surface area contributed by atoms with Gasteiger partial charge in [-0.2, -0.15) is 0 Å². The standard InChI is InChI=1S/C9H18O2/c1-4-8-5-7(2)11-9(8)6-10-3/h7-9H,4-6H2,1-3H3. The van der Waals surface area contributed by atoms with Crippen LogP contribution in [-0.4, -0.2) is 25.9 Å². The van der Waals surface area contributed by atoms with E-state index in [0.717, 1.165) is 6.61 Å². The molecule has 0 radical (unpaired) electrons. The first-order chi connectivity index (χ1) is 5.27. The Balaban J connectivity index is 2.37. The number of hydrogen-bond acceptors (Lipinski definition) is 2. The summed E-state index contributed by atoms with van der Waals surface area (Å²) < 4.78 is 10.8. The Hall–Kier alpha value is -0.0800. The quantitative estimate of drug-likeness (QED) is 0.624. The van der Waals surface area contributed by atoms with Gasteiger partial charge in [-0.1, -0.05) is 13.3 Å². The van der Waals surface area contributed by atoms with E-state index in [1.165, 1.54) is 12.8 Å². The third-order valence-corrected chi connectivity index (χ3v) is 2.42. The minimum Gasteiger partial charge on any atom is -0.382 e. The lowest BCUT2D eigenvalue weighted by molar-refractivity contribution is -0.00765. The van der Waals surface area contributed by atoms with Crippen LogP contribution in [0, 0.1) is 5.92 Å². The monoisotopic (exact) mass is 158 g/mol. The molecule has 11 heavy (non-hydrogen) atoms. The predicted molar refractivity (Wildman–Crippen MR) is 44.6 cm³/mol. The number of methoxy groups -OCH3 is 1. The van der Waals surface area contributed by atoms with Gasteiger partial charge in [0.1, 0.15) is 0 Å². The molecule has 1 saturated heterocycles. The number of ether oxygens (including phenoxy) is 2. The molecule has 3 atom stereocenters. The van der Waals surface area contributed by atoms with E-state index in [4.69, 9.17) is 9.47 Å². The highest BCUT2D eigenvalue weighted by Gasteiger charge is 2.31. The van der Waals surface area contributed by atoms with Crippen molar-refractivity contribution in [1.82, 2.24) is 0 Å². The van der Waals surface area contributed by atoms with Gasteiger partial charge in [-0.05, 0) is 19.3 Å². The van der Waals surface area contributed by atoms with Crippen LogP contribution in [-0.2, 0) is 9.47 Å². The molecular formula is C9H18O2. The Morgan fingerprint density at radius 1 is 1.55 bits per heavy atom. The summed E-state index contributed by atoms with van der Waals surface area (Å²) in [5, 5.41) is 0. The second-order valence-corrected chi connectivity index (χ2v) is 3.34. The van der Waals surface area contributed by atoms with Gasteiger partial charge in [0.25, 0.3) is 0 Å². The molecule has 0 saturated carbocycles. The molecule has 0 aliphatic carbocycles. The van der Waals surface area contributed by atoms with Crippen LogP contribution >= 0.6 is 0 Å². The van der Waals surface area contributed by atoms with Crippen LogP contribution in [0.3, 0.4) is 0 Å². The van der Waals surface area contributed by atoms with Crippen molar-refractivity contribution in [2.45, 2.75) is 38.9 Å². The van der Waals surface area contributed by atoms with E-state index < -0.39 is 0 Å². The molecule has 1 fully saturated rings. The van der Waals surface area contributed by atoms with Crippen molar-refractivity contribution >= 4 is 0 Å². The fraction of sp³-hybridized carbons (Fsp3) is 1.00. The summed E-state index contributed by atoms with van der Waals surface area (Å²) in [6.07, 6.45) is 3.18. The Morgan fingerprint density at radius 2 is 2.27 bits per heavy atom. The van der Waals surface area contributed by atoms with Gasteiger partial charge in [-0.25, -0.2) is 0 Å². The highest BCUT2D eigenvalue weighted by Crippen LogP contribution is 2.28. The molecule has 2 nitrogen and oxygen atoms in total. The molecule has 1 heterocycles. The Kier molecular flexibility index (Phi) is 3.34. The normalized spacial score (nSPS) is 37.9. The van der Waals surface area contributed by atoms with Crippen molar-refractivity contribution in [2.24, 2.45) is 5.92 Å². The van der Waals surface area contributed by atoms with Crippen molar-refractivity contribution in [3.63, 3.8) is 0 Å². The first kappa shape index (κ1) is 9.01. The minimum atomic E-state index is 0.347. The molecule has 0 bridgehead atoms. The molecule has 66 valence electrons. The van der Waals surface area contributed by atoms with Gasteiger partial charge in [-0.15, -0.1) is 0 Å². The zero-order valence-electron chi connectivity index (χ0n) is 7.67. The molecular weight excluding hydrogens is 140 g/mol. The Labute approximate surface area is 68.9 Å². The van der Waals surface area contributed by atoms with Crippen LogP contribution in [0.25, 0.3) is 0 Å². The molecule has 0 amide bonds. The maximum absolute atomic E-state index is 5.68. The molecule has 1 aliphatic heterocycles. The predicted octanol–water partition coefficient (Wildman–Crippen LogP) is 1.84. The molecule has 0 N–H and O–H groups in total. The van der Waals surface area contributed by atoms with Gasteiger partial charge in [0, 0.05) is 7.11 Å². The maximum Gasteiger partial charge on any atom is 0.0840 e. The molecule has 1 rings (SSSR count). The lowest BCUT2D eigenvalue weighted by Crippen LogP contribution is -2.21. The Morgan fingerprint density at radius 3 is 2.82 bits per heavy atom. The van der Waals surface area contributed by atoms with Gasteiger partial charge in [-0.3, -0.25) is 0 Å². The van der Waals surface area contributed by atoms with Crippen molar-refractivity contribution in [3.8, 4) is 0 Å². The van der Waals surface area contributed by atoms with E-state index in [9.17, 15) is 0 Å². The van der Waals surface area contributed by atoms with E-state index >= 15 is 0 Å². The average Bonchev–Trinajstić information content (AvgIpc) is 2.32. The fourth-order valence-electron chi connectivity index (χ4n) is 1.81. The number of hydrogen-bond donors (Lipinski definition) is 0. The van der Waals surface area contributed by atoms with E-state index in [0.29, 0.717) is 18.1 Å². The zero-order chi connectivity index (χ0) is 8.27. The molecule has 0 aromatic heterocycles. The summed E-state index contributed by atoms with van der Waals surface area (Å²) >= 11 is 0. The largest absolute Gasteiger partial charge is 0.382 e. The molecule has 3 unspecified atom stereocenters. The first-order valence-corrected chi connectivity index (χ1v) is 4.42. The van der Waals surface area contributed by atoms with Crippen LogP contribution in [0.5, 0.6) is 0 Å². The third kappa shape index (κ3) is 2.17. The molecule has 0 spiro atoms. The van der Waals surface area contributed by atoms with Gasteiger partial charge in [0.15, 0.2) is 0 Å². The summed E-state index contributed by atoms with van der Waals surface area (Å²) in [5.74, 6) is 0.713. The van der Waals surface area contributed by atoms with Crippen molar-refractivity contribution in [1.29, 1.82) is 0 Å². The van der Waals surface area contributed by atoms with Gasteiger partial charge < -0.3 is 9.47 Å². The van der Waals surface area contributed by atoms with Crippen LogP contribution in [0.4, 0.5) is 0 Å². The smallest absolute Gasteiger partial charge is 0.0840 e. The summed E-state index contributed by atoms with van der Waals surface area (Å²) in [5.41, 5.74) is 0. The van der Waals surface area contributed by atoms with Crippen LogP contribution < -0.4 is 0 Å². The van der Waals surface area contributed by atoms with Crippen molar-refractivity contribution in [3.05, 3.63) is 0 Å². The molecule has 0 aromatic carbocycles. The van der Waals surface area contributed by atoms with Gasteiger partial charge in [0.2, 0.25) is 0 Å². The summed E-state index contributed by atoms with van der Waals surface area (Å²) in [6.45, 7) is 5.11. The SMILES string of the molecule is CCC1CC(C)OC1COC. The van der Waals surface area contributed by atoms with Crippen LogP contribution in [0.2, 0.25) is 0 Å². The van der Waals surface area contributed by atoms with Gasteiger partial charge in [0.05, 0.1) is 18.8 Å². The number of rotatable bonds is 3. The molecule has 0 aromatic rings.